The van der Waals surface area contributed by atoms with Crippen molar-refractivity contribution in [3.63, 3.8) is 0 Å². The molecule has 0 radical (unpaired) electrons. The Morgan fingerprint density at radius 1 is 1.19 bits per heavy atom. The second-order valence-electron chi connectivity index (χ2n) is 4.38. The van der Waals surface area contributed by atoms with Crippen molar-refractivity contribution in [2.45, 2.75) is 46.1 Å². The number of hydrogen-bond donors (Lipinski definition) is 2. The fourth-order valence-electron chi connectivity index (χ4n) is 1.57. The van der Waals surface area contributed by atoms with Gasteiger partial charge in [-0.25, -0.2) is 0 Å². The van der Waals surface area contributed by atoms with Crippen LogP contribution < -0.4 is 10.6 Å². The SMILES string of the molecule is CNC(CCCCNC(C)=O)C(=O)C(C)C. The van der Waals surface area contributed by atoms with Crippen LogP contribution in [0.3, 0.4) is 0 Å². The van der Waals surface area contributed by atoms with Crippen molar-refractivity contribution < 1.29 is 9.59 Å². The molecule has 94 valence electrons. The predicted molar refractivity (Wildman–Crippen MR) is 65.2 cm³/mol. The standard InChI is InChI=1S/C12H24N2O2/c1-9(2)12(16)11(13-4)7-5-6-8-14-10(3)15/h9,11,13H,5-8H2,1-4H3,(H,14,15). The highest BCUT2D eigenvalue weighted by atomic mass is 16.1. The first kappa shape index (κ1) is 15.1. The van der Waals surface area contributed by atoms with E-state index in [1.54, 1.807) is 0 Å². The maximum absolute atomic E-state index is 11.7. The summed E-state index contributed by atoms with van der Waals surface area (Å²) in [6.45, 7) is 6.05. The highest BCUT2D eigenvalue weighted by molar-refractivity contribution is 5.85. The molecular formula is C12H24N2O2. The first-order valence-electron chi connectivity index (χ1n) is 5.94. The van der Waals surface area contributed by atoms with Crippen LogP contribution in [0, 0.1) is 5.92 Å². The van der Waals surface area contributed by atoms with Gasteiger partial charge in [-0.3, -0.25) is 9.59 Å². The summed E-state index contributed by atoms with van der Waals surface area (Å²) in [4.78, 5) is 22.3. The summed E-state index contributed by atoms with van der Waals surface area (Å²) in [5.41, 5.74) is 0. The van der Waals surface area contributed by atoms with Gasteiger partial charge >= 0.3 is 0 Å². The molecule has 1 amide bonds. The number of amides is 1. The monoisotopic (exact) mass is 228 g/mol. The van der Waals surface area contributed by atoms with Gasteiger partial charge in [0.05, 0.1) is 6.04 Å². The molecule has 0 saturated carbocycles. The Balaban J connectivity index is 3.71. The van der Waals surface area contributed by atoms with Crippen molar-refractivity contribution in [1.82, 2.24) is 10.6 Å². The predicted octanol–water partition coefficient (Wildman–Crippen LogP) is 1.11. The Morgan fingerprint density at radius 3 is 2.25 bits per heavy atom. The molecule has 0 aliphatic rings. The van der Waals surface area contributed by atoms with Crippen molar-refractivity contribution >= 4 is 11.7 Å². The molecule has 2 N–H and O–H groups in total. The van der Waals surface area contributed by atoms with E-state index < -0.39 is 0 Å². The van der Waals surface area contributed by atoms with Crippen molar-refractivity contribution in [2.24, 2.45) is 5.92 Å². The zero-order valence-electron chi connectivity index (χ0n) is 10.8. The van der Waals surface area contributed by atoms with Gasteiger partial charge in [0.15, 0.2) is 5.78 Å². The van der Waals surface area contributed by atoms with E-state index in [0.717, 1.165) is 19.3 Å². The molecule has 1 atom stereocenters. The first-order valence-corrected chi connectivity index (χ1v) is 5.94. The highest BCUT2D eigenvalue weighted by Crippen LogP contribution is 2.07. The van der Waals surface area contributed by atoms with Crippen molar-refractivity contribution in [3.8, 4) is 0 Å². The molecule has 0 rings (SSSR count). The number of ketones is 1. The number of unbranched alkanes of at least 4 members (excludes halogenated alkanes) is 1. The van der Waals surface area contributed by atoms with Gasteiger partial charge in [0, 0.05) is 19.4 Å². The maximum Gasteiger partial charge on any atom is 0.216 e. The molecule has 0 heterocycles. The number of carbonyl (C=O) groups excluding carboxylic acids is 2. The van der Waals surface area contributed by atoms with Crippen molar-refractivity contribution in [2.75, 3.05) is 13.6 Å². The molecule has 0 aromatic heterocycles. The summed E-state index contributed by atoms with van der Waals surface area (Å²) < 4.78 is 0. The minimum atomic E-state index is -0.0441. The average Bonchev–Trinajstić information content (AvgIpc) is 2.22. The van der Waals surface area contributed by atoms with Gasteiger partial charge in [-0.1, -0.05) is 13.8 Å². The van der Waals surface area contributed by atoms with Crippen molar-refractivity contribution in [1.29, 1.82) is 0 Å². The van der Waals surface area contributed by atoms with Crippen LogP contribution in [-0.2, 0) is 9.59 Å². The Kier molecular flexibility index (Phi) is 7.81. The first-order chi connectivity index (χ1) is 7.49. The van der Waals surface area contributed by atoms with Gasteiger partial charge in [-0.15, -0.1) is 0 Å². The summed E-state index contributed by atoms with van der Waals surface area (Å²) in [6.07, 6.45) is 2.71. The van der Waals surface area contributed by atoms with E-state index >= 15 is 0 Å². The zero-order valence-corrected chi connectivity index (χ0v) is 10.8. The minimum Gasteiger partial charge on any atom is -0.356 e. The number of Topliss-reactive ketones (excluding diaryl/α,β-unsaturated/α-hetero) is 1. The summed E-state index contributed by atoms with van der Waals surface area (Å²) >= 11 is 0. The van der Waals surface area contributed by atoms with Gasteiger partial charge in [0.2, 0.25) is 5.91 Å². The van der Waals surface area contributed by atoms with E-state index in [1.807, 2.05) is 20.9 Å². The molecule has 0 spiro atoms. The minimum absolute atomic E-state index is 0.00317. The largest absolute Gasteiger partial charge is 0.356 e. The van der Waals surface area contributed by atoms with E-state index in [9.17, 15) is 9.59 Å². The maximum atomic E-state index is 11.7. The fourth-order valence-corrected chi connectivity index (χ4v) is 1.57. The normalized spacial score (nSPS) is 12.6. The smallest absolute Gasteiger partial charge is 0.216 e. The summed E-state index contributed by atoms with van der Waals surface area (Å²) in [5, 5.41) is 5.79. The second-order valence-corrected chi connectivity index (χ2v) is 4.38. The van der Waals surface area contributed by atoms with Crippen LogP contribution in [0.1, 0.15) is 40.0 Å². The third kappa shape index (κ3) is 6.56. The summed E-state index contributed by atoms with van der Waals surface area (Å²) in [5.74, 6) is 0.346. The summed E-state index contributed by atoms with van der Waals surface area (Å²) in [7, 11) is 1.82. The van der Waals surface area contributed by atoms with Gasteiger partial charge < -0.3 is 10.6 Å². The average molecular weight is 228 g/mol. The Hall–Kier alpha value is -0.900. The molecule has 16 heavy (non-hydrogen) atoms. The molecule has 0 aliphatic carbocycles. The lowest BCUT2D eigenvalue weighted by Crippen LogP contribution is -2.36. The van der Waals surface area contributed by atoms with E-state index in [4.69, 9.17) is 0 Å². The quantitative estimate of drug-likeness (QED) is 0.612. The molecule has 4 heteroatoms. The number of rotatable bonds is 8. The third-order valence-corrected chi connectivity index (χ3v) is 2.55. The number of nitrogens with one attached hydrogen (secondary N) is 2. The van der Waals surface area contributed by atoms with Crippen molar-refractivity contribution in [3.05, 3.63) is 0 Å². The molecule has 0 saturated heterocycles. The molecule has 0 aromatic carbocycles. The van der Waals surface area contributed by atoms with Crippen LogP contribution in [-0.4, -0.2) is 31.3 Å². The Labute approximate surface area is 98.2 Å². The van der Waals surface area contributed by atoms with Crippen LogP contribution in [0.2, 0.25) is 0 Å². The lowest BCUT2D eigenvalue weighted by Gasteiger charge is -2.16. The van der Waals surface area contributed by atoms with Crippen LogP contribution in [0.15, 0.2) is 0 Å². The van der Waals surface area contributed by atoms with Gasteiger partial charge in [-0.05, 0) is 26.3 Å². The Bertz CT molecular complexity index is 227. The van der Waals surface area contributed by atoms with Crippen LogP contribution in [0.5, 0.6) is 0 Å². The lowest BCUT2D eigenvalue weighted by molar-refractivity contribution is -0.124. The van der Waals surface area contributed by atoms with Gasteiger partial charge in [0.1, 0.15) is 0 Å². The Morgan fingerprint density at radius 2 is 1.81 bits per heavy atom. The zero-order chi connectivity index (χ0) is 12.6. The molecule has 0 bridgehead atoms. The summed E-state index contributed by atoms with van der Waals surface area (Å²) in [6, 6.07) is -0.0441. The lowest BCUT2D eigenvalue weighted by atomic mass is 9.97. The number of carbonyl (C=O) groups is 2. The van der Waals surface area contributed by atoms with Gasteiger partial charge in [-0.2, -0.15) is 0 Å². The van der Waals surface area contributed by atoms with E-state index in [-0.39, 0.29) is 23.7 Å². The molecular weight excluding hydrogens is 204 g/mol. The van der Waals surface area contributed by atoms with E-state index in [0.29, 0.717) is 6.54 Å². The van der Waals surface area contributed by atoms with E-state index in [1.165, 1.54) is 6.92 Å². The molecule has 4 nitrogen and oxygen atoms in total. The van der Waals surface area contributed by atoms with E-state index in [2.05, 4.69) is 10.6 Å². The number of likely N-dealkylation sites (N-methyl/N-ethyl adjacent to an activating group) is 1. The van der Waals surface area contributed by atoms with Crippen LogP contribution in [0.25, 0.3) is 0 Å². The van der Waals surface area contributed by atoms with Crippen LogP contribution in [0.4, 0.5) is 0 Å². The van der Waals surface area contributed by atoms with Crippen LogP contribution >= 0.6 is 0 Å². The fraction of sp³-hybridized carbons (Fsp3) is 0.833. The molecule has 1 unspecified atom stereocenters. The number of hydrogen-bond acceptors (Lipinski definition) is 3. The molecule has 0 aromatic rings. The topological polar surface area (TPSA) is 58.2 Å². The van der Waals surface area contributed by atoms with Gasteiger partial charge in [0.25, 0.3) is 0 Å². The third-order valence-electron chi connectivity index (χ3n) is 2.55. The highest BCUT2D eigenvalue weighted by Gasteiger charge is 2.18. The molecule has 0 aliphatic heterocycles. The second kappa shape index (κ2) is 8.28. The molecule has 0 fully saturated rings.